The van der Waals surface area contributed by atoms with E-state index in [0.29, 0.717) is 0 Å². The van der Waals surface area contributed by atoms with Gasteiger partial charge in [0, 0.05) is 36.0 Å². The van der Waals surface area contributed by atoms with Crippen molar-refractivity contribution < 1.29 is 13.2 Å². The molecule has 0 saturated carbocycles. The Balaban J connectivity index is 2.00. The van der Waals surface area contributed by atoms with E-state index in [1.807, 2.05) is 29.6 Å². The number of benzene rings is 1. The summed E-state index contributed by atoms with van der Waals surface area (Å²) in [4.78, 5) is 3.64. The molecule has 1 aromatic carbocycles. The molecule has 0 spiro atoms. The van der Waals surface area contributed by atoms with Crippen molar-refractivity contribution in [1.82, 2.24) is 10.2 Å². The van der Waals surface area contributed by atoms with Gasteiger partial charge in [-0.05, 0) is 34.8 Å². The van der Waals surface area contributed by atoms with Crippen LogP contribution >= 0.6 is 23.1 Å². The average Bonchev–Trinajstić information content (AvgIpc) is 3.03. The minimum absolute atomic E-state index is 0.0207. The van der Waals surface area contributed by atoms with Crippen LogP contribution in [0.2, 0.25) is 0 Å². The molecule has 1 aliphatic heterocycles. The lowest BCUT2D eigenvalue weighted by Crippen LogP contribution is -2.45. The predicted molar refractivity (Wildman–Crippen MR) is 89.0 cm³/mol. The van der Waals surface area contributed by atoms with Crippen molar-refractivity contribution in [2.75, 3.05) is 26.2 Å². The maximum Gasteiger partial charge on any atom is 0.446 e. The molecule has 1 aliphatic rings. The fraction of sp³-hybridized carbons (Fsp3) is 0.375. The van der Waals surface area contributed by atoms with E-state index in [1.165, 1.54) is 0 Å². The third-order valence-electron chi connectivity index (χ3n) is 3.77. The summed E-state index contributed by atoms with van der Waals surface area (Å²) in [6.45, 7) is 3.37. The molecular formula is C16H17F3N2S2. The predicted octanol–water partition coefficient (Wildman–Crippen LogP) is 4.35. The van der Waals surface area contributed by atoms with E-state index in [0.717, 1.165) is 36.6 Å². The number of thioether (sulfide) groups is 1. The molecule has 0 radical (unpaired) electrons. The molecule has 1 N–H and O–H groups in total. The number of halogens is 3. The molecule has 7 heteroatoms. The summed E-state index contributed by atoms with van der Waals surface area (Å²) in [7, 11) is 0. The minimum Gasteiger partial charge on any atom is -0.314 e. The van der Waals surface area contributed by atoms with Crippen LogP contribution in [0.4, 0.5) is 13.2 Å². The van der Waals surface area contributed by atoms with E-state index in [1.54, 1.807) is 23.5 Å². The smallest absolute Gasteiger partial charge is 0.314 e. The zero-order valence-electron chi connectivity index (χ0n) is 12.3. The second-order valence-corrected chi connectivity index (χ2v) is 7.38. The van der Waals surface area contributed by atoms with E-state index < -0.39 is 5.51 Å². The van der Waals surface area contributed by atoms with Gasteiger partial charge in [-0.1, -0.05) is 24.3 Å². The Labute approximate surface area is 141 Å². The quantitative estimate of drug-likeness (QED) is 0.818. The largest absolute Gasteiger partial charge is 0.446 e. The second-order valence-electron chi connectivity index (χ2n) is 5.29. The highest BCUT2D eigenvalue weighted by atomic mass is 32.2. The van der Waals surface area contributed by atoms with Crippen LogP contribution in [0.15, 0.2) is 46.7 Å². The van der Waals surface area contributed by atoms with E-state index in [2.05, 4.69) is 10.2 Å². The average molecular weight is 358 g/mol. The van der Waals surface area contributed by atoms with E-state index in [-0.39, 0.29) is 22.7 Å². The maximum absolute atomic E-state index is 12.9. The number of hydrogen-bond donors (Lipinski definition) is 1. The number of nitrogens with zero attached hydrogens (tertiary/aromatic N) is 1. The molecule has 2 heterocycles. The molecule has 0 aliphatic carbocycles. The number of thiophene rings is 1. The first-order valence-electron chi connectivity index (χ1n) is 7.37. The van der Waals surface area contributed by atoms with Gasteiger partial charge in [-0.15, -0.1) is 11.3 Å². The molecule has 2 aromatic rings. The van der Waals surface area contributed by atoms with Gasteiger partial charge in [0.25, 0.3) is 0 Å². The van der Waals surface area contributed by atoms with Gasteiger partial charge in [0.15, 0.2) is 0 Å². The van der Waals surface area contributed by atoms with Crippen LogP contribution in [-0.2, 0) is 0 Å². The highest BCUT2D eigenvalue weighted by molar-refractivity contribution is 8.00. The van der Waals surface area contributed by atoms with Crippen molar-refractivity contribution >= 4 is 23.1 Å². The lowest BCUT2D eigenvalue weighted by Gasteiger charge is -2.35. The lowest BCUT2D eigenvalue weighted by molar-refractivity contribution is -0.0328. The van der Waals surface area contributed by atoms with Crippen molar-refractivity contribution in [3.63, 3.8) is 0 Å². The van der Waals surface area contributed by atoms with Crippen LogP contribution in [0.1, 0.15) is 16.5 Å². The Bertz CT molecular complexity index is 623. The van der Waals surface area contributed by atoms with Gasteiger partial charge in [0.1, 0.15) is 0 Å². The first kappa shape index (κ1) is 16.8. The number of nitrogens with one attached hydrogen (secondary N) is 1. The molecule has 1 aromatic heterocycles. The number of piperazine rings is 1. The first-order valence-corrected chi connectivity index (χ1v) is 9.07. The number of alkyl halides is 3. The molecule has 2 nitrogen and oxygen atoms in total. The molecule has 1 saturated heterocycles. The van der Waals surface area contributed by atoms with Crippen LogP contribution < -0.4 is 5.32 Å². The highest BCUT2D eigenvalue weighted by Crippen LogP contribution is 2.43. The molecule has 124 valence electrons. The summed E-state index contributed by atoms with van der Waals surface area (Å²) in [5.74, 6) is 0. The molecule has 1 atom stereocenters. The maximum atomic E-state index is 12.9. The van der Waals surface area contributed by atoms with Crippen molar-refractivity contribution in [1.29, 1.82) is 0 Å². The zero-order valence-corrected chi connectivity index (χ0v) is 14.0. The second kappa shape index (κ2) is 7.25. The minimum atomic E-state index is -4.28. The monoisotopic (exact) mass is 358 g/mol. The summed E-state index contributed by atoms with van der Waals surface area (Å²) in [5.41, 5.74) is -3.54. The fourth-order valence-electron chi connectivity index (χ4n) is 2.84. The number of hydrogen-bond acceptors (Lipinski definition) is 4. The van der Waals surface area contributed by atoms with Crippen LogP contribution in [0, 0.1) is 0 Å². The first-order chi connectivity index (χ1) is 11.0. The Kier molecular flexibility index (Phi) is 5.31. The zero-order chi connectivity index (χ0) is 16.3. The molecule has 1 fully saturated rings. The van der Waals surface area contributed by atoms with Crippen LogP contribution in [0.3, 0.4) is 0 Å². The number of rotatable bonds is 4. The Morgan fingerprint density at radius 2 is 1.83 bits per heavy atom. The van der Waals surface area contributed by atoms with Crippen LogP contribution in [0.25, 0.3) is 0 Å². The summed E-state index contributed by atoms with van der Waals surface area (Å²) < 4.78 is 38.7. The molecular weight excluding hydrogens is 341 g/mol. The van der Waals surface area contributed by atoms with Crippen molar-refractivity contribution in [2.24, 2.45) is 0 Å². The van der Waals surface area contributed by atoms with Gasteiger partial charge in [-0.25, -0.2) is 0 Å². The Morgan fingerprint density at radius 1 is 1.09 bits per heavy atom. The van der Waals surface area contributed by atoms with Gasteiger partial charge in [0.05, 0.1) is 6.04 Å². The normalized spacial score (nSPS) is 18.0. The highest BCUT2D eigenvalue weighted by Gasteiger charge is 2.33. The van der Waals surface area contributed by atoms with Crippen molar-refractivity contribution in [3.05, 3.63) is 52.2 Å². The molecule has 0 amide bonds. The summed E-state index contributed by atoms with van der Waals surface area (Å²) in [6, 6.07) is 10.7. The molecule has 3 rings (SSSR count). The SMILES string of the molecule is FC(F)(F)Sc1ccccc1[C@@H](c1cccs1)N1CCNCC1. The fourth-order valence-corrected chi connectivity index (χ4v) is 4.41. The lowest BCUT2D eigenvalue weighted by atomic mass is 10.0. The van der Waals surface area contributed by atoms with E-state index in [4.69, 9.17) is 0 Å². The van der Waals surface area contributed by atoms with E-state index >= 15 is 0 Å². The van der Waals surface area contributed by atoms with Gasteiger partial charge in [-0.3, -0.25) is 4.90 Å². The molecule has 0 unspecified atom stereocenters. The molecule has 0 bridgehead atoms. The summed E-state index contributed by atoms with van der Waals surface area (Å²) in [5, 5.41) is 5.27. The van der Waals surface area contributed by atoms with Crippen molar-refractivity contribution in [3.8, 4) is 0 Å². The summed E-state index contributed by atoms with van der Waals surface area (Å²) >= 11 is 1.57. The third kappa shape index (κ3) is 4.29. The third-order valence-corrected chi connectivity index (χ3v) is 5.52. The van der Waals surface area contributed by atoms with Crippen LogP contribution in [0.5, 0.6) is 0 Å². The van der Waals surface area contributed by atoms with E-state index in [9.17, 15) is 13.2 Å². The van der Waals surface area contributed by atoms with Gasteiger partial charge in [-0.2, -0.15) is 13.2 Å². The van der Waals surface area contributed by atoms with Gasteiger partial charge in [0.2, 0.25) is 0 Å². The van der Waals surface area contributed by atoms with Crippen molar-refractivity contribution in [2.45, 2.75) is 16.4 Å². The standard InChI is InChI=1S/C16H17F3N2S2/c17-16(18,19)23-13-5-2-1-4-12(13)15(14-6-3-11-22-14)21-9-7-20-8-10-21/h1-6,11,15,20H,7-10H2/t15-/m0/s1. The topological polar surface area (TPSA) is 15.3 Å². The Morgan fingerprint density at radius 3 is 2.48 bits per heavy atom. The molecule has 23 heavy (non-hydrogen) atoms. The summed E-state index contributed by atoms with van der Waals surface area (Å²) in [6.07, 6.45) is 0. The Hall–Kier alpha value is -1.02. The van der Waals surface area contributed by atoms with Crippen LogP contribution in [-0.4, -0.2) is 36.6 Å². The van der Waals surface area contributed by atoms with Gasteiger partial charge >= 0.3 is 5.51 Å². The van der Waals surface area contributed by atoms with Gasteiger partial charge < -0.3 is 5.32 Å².